The van der Waals surface area contributed by atoms with E-state index in [2.05, 4.69) is 25.6 Å². The van der Waals surface area contributed by atoms with Crippen molar-refractivity contribution in [2.45, 2.75) is 37.9 Å². The highest BCUT2D eigenvalue weighted by molar-refractivity contribution is 5.89. The van der Waals surface area contributed by atoms with E-state index >= 15 is 0 Å². The Labute approximate surface area is 204 Å². The quantitative estimate of drug-likeness (QED) is 0.128. The topological polar surface area (TPSA) is 177 Å². The van der Waals surface area contributed by atoms with Crippen LogP contribution in [0.15, 0.2) is 71.9 Å². The number of hydrogen-bond donors (Lipinski definition) is 6. The van der Waals surface area contributed by atoms with Crippen LogP contribution in [0, 0.1) is 0 Å². The first-order valence-corrected chi connectivity index (χ1v) is 11.4. The first kappa shape index (κ1) is 25.4. The summed E-state index contributed by atoms with van der Waals surface area (Å²) >= 11 is 0. The van der Waals surface area contributed by atoms with Crippen molar-refractivity contribution in [1.82, 2.24) is 20.6 Å². The smallest absolute Gasteiger partial charge is 0.242 e. The maximum Gasteiger partial charge on any atom is 0.242 e. The van der Waals surface area contributed by atoms with Crippen LogP contribution in [-0.2, 0) is 22.6 Å². The van der Waals surface area contributed by atoms with Gasteiger partial charge >= 0.3 is 0 Å². The van der Waals surface area contributed by atoms with Crippen molar-refractivity contribution in [3.63, 3.8) is 0 Å². The minimum absolute atomic E-state index is 0.0180. The van der Waals surface area contributed by atoms with E-state index in [4.69, 9.17) is 17.2 Å². The van der Waals surface area contributed by atoms with E-state index in [1.807, 2.05) is 60.7 Å². The molecule has 0 aliphatic heterocycles. The van der Waals surface area contributed by atoms with Gasteiger partial charge < -0.3 is 32.8 Å². The summed E-state index contributed by atoms with van der Waals surface area (Å²) in [6, 6.07) is 17.6. The maximum absolute atomic E-state index is 12.9. The fourth-order valence-corrected chi connectivity index (χ4v) is 3.49. The highest BCUT2D eigenvalue weighted by Crippen LogP contribution is 2.15. The summed E-state index contributed by atoms with van der Waals surface area (Å²) in [6.07, 6.45) is 2.78. The number of H-pyrrole nitrogens is 1. The predicted octanol–water partition coefficient (Wildman–Crippen LogP) is 0.801. The minimum Gasteiger partial charge on any atom is -0.370 e. The van der Waals surface area contributed by atoms with E-state index in [0.29, 0.717) is 31.8 Å². The molecule has 0 radical (unpaired) electrons. The fourth-order valence-electron chi connectivity index (χ4n) is 3.49. The lowest BCUT2D eigenvalue weighted by molar-refractivity contribution is -0.129. The van der Waals surface area contributed by atoms with Crippen LogP contribution in [0.2, 0.25) is 0 Å². The number of aliphatic imine (C=N–C) groups is 1. The molecule has 0 spiro atoms. The summed E-state index contributed by atoms with van der Waals surface area (Å²) in [6.45, 7) is 0.700. The second-order valence-corrected chi connectivity index (χ2v) is 8.15. The van der Waals surface area contributed by atoms with Crippen LogP contribution >= 0.6 is 0 Å². The Morgan fingerprint density at radius 3 is 2.37 bits per heavy atom. The van der Waals surface area contributed by atoms with Crippen molar-refractivity contribution in [2.75, 3.05) is 6.54 Å². The van der Waals surface area contributed by atoms with Gasteiger partial charge in [-0.2, -0.15) is 0 Å². The lowest BCUT2D eigenvalue weighted by Gasteiger charge is -2.20. The van der Waals surface area contributed by atoms with Crippen molar-refractivity contribution in [1.29, 1.82) is 0 Å². The summed E-state index contributed by atoms with van der Waals surface area (Å²) in [7, 11) is 0. The largest absolute Gasteiger partial charge is 0.370 e. The van der Waals surface area contributed by atoms with Gasteiger partial charge in [-0.05, 0) is 18.4 Å². The number of amides is 2. The van der Waals surface area contributed by atoms with Crippen LogP contribution in [-0.4, -0.2) is 46.4 Å². The molecule has 9 N–H and O–H groups in total. The molecule has 2 atom stereocenters. The van der Waals surface area contributed by atoms with Crippen LogP contribution in [0.3, 0.4) is 0 Å². The molecular formula is C25H32N8O2. The molecule has 0 unspecified atom stereocenters. The Morgan fingerprint density at radius 2 is 1.69 bits per heavy atom. The molecular weight excluding hydrogens is 444 g/mol. The van der Waals surface area contributed by atoms with Gasteiger partial charge in [0.2, 0.25) is 11.8 Å². The van der Waals surface area contributed by atoms with Gasteiger partial charge in [-0.15, -0.1) is 0 Å². The van der Waals surface area contributed by atoms with Gasteiger partial charge in [-0.1, -0.05) is 60.7 Å². The molecule has 0 saturated heterocycles. The summed E-state index contributed by atoms with van der Waals surface area (Å²) in [5, 5.41) is 5.65. The molecule has 1 heterocycles. The van der Waals surface area contributed by atoms with E-state index in [0.717, 1.165) is 16.8 Å². The average molecular weight is 477 g/mol. The summed E-state index contributed by atoms with van der Waals surface area (Å²) in [5.41, 5.74) is 19.5. The number of guanidine groups is 1. The van der Waals surface area contributed by atoms with Crippen LogP contribution in [0.4, 0.5) is 0 Å². The zero-order valence-corrected chi connectivity index (χ0v) is 19.5. The second kappa shape index (κ2) is 12.9. The zero-order chi connectivity index (χ0) is 25.0. The van der Waals surface area contributed by atoms with Crippen LogP contribution in [0.25, 0.3) is 11.4 Å². The van der Waals surface area contributed by atoms with Gasteiger partial charge in [-0.3, -0.25) is 14.6 Å². The SMILES string of the molecule is NC(N)=NCCC[C@H](NC(=O)[C@@H](N)Cc1cnc(-c2ccccc2)[nH]1)C(=O)NCc1ccccc1. The van der Waals surface area contributed by atoms with Crippen LogP contribution < -0.4 is 27.8 Å². The van der Waals surface area contributed by atoms with Gasteiger partial charge in [0.25, 0.3) is 0 Å². The van der Waals surface area contributed by atoms with Gasteiger partial charge in [0.15, 0.2) is 5.96 Å². The predicted molar refractivity (Wildman–Crippen MR) is 136 cm³/mol. The molecule has 3 aromatic rings. The van der Waals surface area contributed by atoms with Gasteiger partial charge in [-0.25, -0.2) is 4.98 Å². The number of nitrogens with two attached hydrogens (primary N) is 3. The molecule has 2 amide bonds. The number of benzene rings is 2. The highest BCUT2D eigenvalue weighted by atomic mass is 16.2. The molecule has 0 bridgehead atoms. The molecule has 10 heteroatoms. The third-order valence-electron chi connectivity index (χ3n) is 5.34. The molecule has 1 aromatic heterocycles. The molecule has 3 rings (SSSR count). The second-order valence-electron chi connectivity index (χ2n) is 8.15. The van der Waals surface area contributed by atoms with Crippen LogP contribution in [0.1, 0.15) is 24.1 Å². The van der Waals surface area contributed by atoms with E-state index in [1.165, 1.54) is 0 Å². The zero-order valence-electron chi connectivity index (χ0n) is 19.5. The minimum atomic E-state index is -0.860. The lowest BCUT2D eigenvalue weighted by Crippen LogP contribution is -2.52. The normalized spacial score (nSPS) is 12.4. The Morgan fingerprint density at radius 1 is 1.00 bits per heavy atom. The Kier molecular flexibility index (Phi) is 9.38. The number of nitrogens with zero attached hydrogens (tertiary/aromatic N) is 2. The van der Waals surface area contributed by atoms with E-state index < -0.39 is 18.0 Å². The monoisotopic (exact) mass is 476 g/mol. The number of rotatable bonds is 12. The van der Waals surface area contributed by atoms with E-state index in [1.54, 1.807) is 6.20 Å². The lowest BCUT2D eigenvalue weighted by atomic mass is 10.1. The van der Waals surface area contributed by atoms with Gasteiger partial charge in [0.05, 0.1) is 6.04 Å². The number of aromatic amines is 1. The number of aromatic nitrogens is 2. The molecule has 184 valence electrons. The summed E-state index contributed by atoms with van der Waals surface area (Å²) in [5.74, 6) is -0.0451. The molecule has 0 aliphatic rings. The van der Waals surface area contributed by atoms with Crippen molar-refractivity contribution in [3.05, 3.63) is 78.1 Å². The molecule has 0 fully saturated rings. The maximum atomic E-state index is 12.9. The van der Waals surface area contributed by atoms with E-state index in [9.17, 15) is 9.59 Å². The molecule has 0 saturated carbocycles. The Hall–Kier alpha value is -4.18. The Bertz CT molecular complexity index is 1110. The van der Waals surface area contributed by atoms with Crippen LogP contribution in [0.5, 0.6) is 0 Å². The number of carbonyl (C=O) groups is 2. The third kappa shape index (κ3) is 8.27. The first-order valence-electron chi connectivity index (χ1n) is 11.4. The first-order chi connectivity index (χ1) is 16.9. The molecule has 10 nitrogen and oxygen atoms in total. The molecule has 2 aromatic carbocycles. The van der Waals surface area contributed by atoms with Gasteiger partial charge in [0, 0.05) is 37.0 Å². The number of hydrogen-bond acceptors (Lipinski definition) is 5. The third-order valence-corrected chi connectivity index (χ3v) is 5.34. The summed E-state index contributed by atoms with van der Waals surface area (Å²) < 4.78 is 0. The highest BCUT2D eigenvalue weighted by Gasteiger charge is 2.24. The van der Waals surface area contributed by atoms with Crippen molar-refractivity contribution in [3.8, 4) is 11.4 Å². The number of nitrogens with one attached hydrogen (secondary N) is 3. The number of imidazole rings is 1. The van der Waals surface area contributed by atoms with Crippen molar-refractivity contribution in [2.24, 2.45) is 22.2 Å². The van der Waals surface area contributed by atoms with E-state index in [-0.39, 0.29) is 18.3 Å². The summed E-state index contributed by atoms with van der Waals surface area (Å²) in [4.78, 5) is 37.2. The van der Waals surface area contributed by atoms with Crippen molar-refractivity contribution >= 4 is 17.8 Å². The molecule has 0 aliphatic carbocycles. The van der Waals surface area contributed by atoms with Crippen molar-refractivity contribution < 1.29 is 9.59 Å². The number of carbonyl (C=O) groups excluding carboxylic acids is 2. The standard InChI is InChI=1S/C25H32N8O2/c26-20(14-19-16-30-22(32-19)18-10-5-2-6-11-18)23(34)33-21(12-7-13-29-25(27)28)24(35)31-15-17-8-3-1-4-9-17/h1-6,8-11,16,20-21H,7,12-15,26H2,(H,30,32)(H,31,35)(H,33,34)(H4,27,28,29)/t20-,21-/m0/s1. The average Bonchev–Trinajstić information content (AvgIpc) is 3.33. The molecule has 35 heavy (non-hydrogen) atoms. The van der Waals surface area contributed by atoms with Gasteiger partial charge in [0.1, 0.15) is 11.9 Å². The Balaban J connectivity index is 1.59. The fraction of sp³-hybridized carbons (Fsp3) is 0.280.